The third kappa shape index (κ3) is 5.40. The third-order valence-electron chi connectivity index (χ3n) is 5.21. The van der Waals surface area contributed by atoms with Gasteiger partial charge in [-0.2, -0.15) is 9.67 Å². The van der Waals surface area contributed by atoms with E-state index < -0.39 is 11.8 Å². The van der Waals surface area contributed by atoms with E-state index in [1.165, 1.54) is 30.6 Å². The molecule has 0 aliphatic rings. The van der Waals surface area contributed by atoms with E-state index in [0.717, 1.165) is 12.5 Å². The predicted molar refractivity (Wildman–Crippen MR) is 130 cm³/mol. The fourth-order valence-corrected chi connectivity index (χ4v) is 3.35. The SMILES string of the molecule is CNc1cc(-n2nc(C)nc2Nc2cc(NC(=O)c3cccc(C(C)(F)F)c3)ccc2C)ncn1. The van der Waals surface area contributed by atoms with Crippen molar-refractivity contribution >= 4 is 29.0 Å². The van der Waals surface area contributed by atoms with Crippen LogP contribution < -0.4 is 16.0 Å². The zero-order chi connectivity index (χ0) is 25.2. The highest BCUT2D eigenvalue weighted by molar-refractivity contribution is 6.04. The molecule has 0 bridgehead atoms. The zero-order valence-electron chi connectivity index (χ0n) is 19.6. The molecule has 0 unspecified atom stereocenters. The molecular formula is C24H24F2N8O. The normalized spacial score (nSPS) is 11.3. The molecule has 0 atom stereocenters. The fourth-order valence-electron chi connectivity index (χ4n) is 3.35. The standard InChI is InChI=1S/C24H24F2N8O/c1-14-8-9-18(31-22(35)16-6-5-7-17(10-16)24(3,25)26)11-19(14)32-23-30-15(2)33-34(23)21-12-20(27-4)28-13-29-21/h5-13H,1-4H3,(H,31,35)(H,27,28,29)(H,30,32,33). The summed E-state index contributed by atoms with van der Waals surface area (Å²) in [7, 11) is 1.76. The maximum Gasteiger partial charge on any atom is 0.270 e. The zero-order valence-corrected chi connectivity index (χ0v) is 19.6. The number of aromatic nitrogens is 5. The molecule has 0 spiro atoms. The van der Waals surface area contributed by atoms with Gasteiger partial charge in [0.1, 0.15) is 18.0 Å². The van der Waals surface area contributed by atoms with Gasteiger partial charge in [-0.3, -0.25) is 4.79 Å². The van der Waals surface area contributed by atoms with Crippen LogP contribution in [0.25, 0.3) is 5.82 Å². The van der Waals surface area contributed by atoms with Crippen molar-refractivity contribution in [3.05, 3.63) is 77.4 Å². The molecule has 11 heteroatoms. The number of benzene rings is 2. The summed E-state index contributed by atoms with van der Waals surface area (Å²) in [5.41, 5.74) is 1.96. The second-order valence-electron chi connectivity index (χ2n) is 7.98. The number of amides is 1. The first kappa shape index (κ1) is 23.7. The molecule has 0 radical (unpaired) electrons. The number of nitrogens with zero attached hydrogens (tertiary/aromatic N) is 5. The second kappa shape index (κ2) is 9.45. The molecule has 2 aromatic carbocycles. The quantitative estimate of drug-likeness (QED) is 0.349. The van der Waals surface area contributed by atoms with Gasteiger partial charge in [0.25, 0.3) is 11.8 Å². The maximum atomic E-state index is 13.7. The first-order valence-electron chi connectivity index (χ1n) is 10.8. The van der Waals surface area contributed by atoms with E-state index in [1.54, 1.807) is 36.9 Å². The largest absolute Gasteiger partial charge is 0.373 e. The lowest BCUT2D eigenvalue weighted by Crippen LogP contribution is -2.14. The lowest BCUT2D eigenvalue weighted by atomic mass is 10.1. The minimum atomic E-state index is -3.04. The lowest BCUT2D eigenvalue weighted by Gasteiger charge is -2.14. The summed E-state index contributed by atoms with van der Waals surface area (Å²) in [6.45, 7) is 4.46. The summed E-state index contributed by atoms with van der Waals surface area (Å²) in [5, 5.41) is 13.4. The molecule has 2 aromatic heterocycles. The minimum absolute atomic E-state index is 0.138. The van der Waals surface area contributed by atoms with Crippen LogP contribution >= 0.6 is 0 Å². The van der Waals surface area contributed by atoms with Gasteiger partial charge < -0.3 is 16.0 Å². The van der Waals surface area contributed by atoms with Gasteiger partial charge in [0, 0.05) is 42.5 Å². The molecule has 0 aliphatic heterocycles. The van der Waals surface area contributed by atoms with Gasteiger partial charge in [0.15, 0.2) is 5.82 Å². The van der Waals surface area contributed by atoms with E-state index in [-0.39, 0.29) is 11.1 Å². The molecule has 2 heterocycles. The van der Waals surface area contributed by atoms with Crippen LogP contribution in [0.4, 0.5) is 31.9 Å². The van der Waals surface area contributed by atoms with Crippen molar-refractivity contribution in [2.75, 3.05) is 23.0 Å². The Hall–Kier alpha value is -4.41. The molecule has 4 aromatic rings. The molecule has 180 valence electrons. The van der Waals surface area contributed by atoms with E-state index in [0.29, 0.717) is 34.8 Å². The van der Waals surface area contributed by atoms with Gasteiger partial charge in [-0.05, 0) is 43.7 Å². The minimum Gasteiger partial charge on any atom is -0.373 e. The first-order valence-corrected chi connectivity index (χ1v) is 10.8. The molecule has 0 saturated heterocycles. The van der Waals surface area contributed by atoms with Crippen LogP contribution in [0.15, 0.2) is 54.9 Å². The van der Waals surface area contributed by atoms with Crippen molar-refractivity contribution in [1.82, 2.24) is 24.7 Å². The number of halogens is 2. The smallest absolute Gasteiger partial charge is 0.270 e. The van der Waals surface area contributed by atoms with Gasteiger partial charge in [-0.15, -0.1) is 5.10 Å². The van der Waals surface area contributed by atoms with Gasteiger partial charge in [-0.1, -0.05) is 18.2 Å². The average molecular weight is 479 g/mol. The Bertz CT molecular complexity index is 1380. The Kier molecular flexibility index (Phi) is 6.41. The van der Waals surface area contributed by atoms with Crippen LogP contribution in [0.5, 0.6) is 0 Å². The van der Waals surface area contributed by atoms with Crippen molar-refractivity contribution in [2.45, 2.75) is 26.7 Å². The van der Waals surface area contributed by atoms with Crippen LogP contribution in [0.3, 0.4) is 0 Å². The van der Waals surface area contributed by atoms with Crippen LogP contribution in [0.1, 0.15) is 34.2 Å². The van der Waals surface area contributed by atoms with Gasteiger partial charge in [0.05, 0.1) is 0 Å². The highest BCUT2D eigenvalue weighted by Crippen LogP contribution is 2.28. The number of nitrogens with one attached hydrogen (secondary N) is 3. The average Bonchev–Trinajstić information content (AvgIpc) is 3.20. The van der Waals surface area contributed by atoms with E-state index >= 15 is 0 Å². The van der Waals surface area contributed by atoms with E-state index in [2.05, 4.69) is 36.0 Å². The van der Waals surface area contributed by atoms with Gasteiger partial charge >= 0.3 is 0 Å². The van der Waals surface area contributed by atoms with Gasteiger partial charge in [-0.25, -0.2) is 18.7 Å². The summed E-state index contributed by atoms with van der Waals surface area (Å²) in [6.07, 6.45) is 1.42. The molecule has 9 nitrogen and oxygen atoms in total. The fraction of sp³-hybridized carbons (Fsp3) is 0.208. The number of rotatable bonds is 7. The van der Waals surface area contributed by atoms with Crippen molar-refractivity contribution in [3.63, 3.8) is 0 Å². The Morgan fingerprint density at radius 3 is 2.60 bits per heavy atom. The number of carbonyl (C=O) groups is 1. The van der Waals surface area contributed by atoms with Crippen LogP contribution in [-0.2, 0) is 5.92 Å². The molecule has 0 fully saturated rings. The van der Waals surface area contributed by atoms with Crippen molar-refractivity contribution in [3.8, 4) is 5.82 Å². The van der Waals surface area contributed by atoms with Crippen LogP contribution in [0.2, 0.25) is 0 Å². The summed E-state index contributed by atoms with van der Waals surface area (Å²) in [4.78, 5) is 25.6. The maximum absolute atomic E-state index is 13.7. The molecule has 1 amide bonds. The first-order chi connectivity index (χ1) is 16.6. The number of alkyl halides is 2. The summed E-state index contributed by atoms with van der Waals surface area (Å²) in [6, 6.07) is 12.4. The van der Waals surface area contributed by atoms with Crippen LogP contribution in [-0.4, -0.2) is 37.7 Å². The van der Waals surface area contributed by atoms with Crippen LogP contribution in [0, 0.1) is 13.8 Å². The number of hydrogen-bond donors (Lipinski definition) is 3. The lowest BCUT2D eigenvalue weighted by molar-refractivity contribution is 0.0174. The molecular weight excluding hydrogens is 454 g/mol. The number of hydrogen-bond acceptors (Lipinski definition) is 7. The molecule has 35 heavy (non-hydrogen) atoms. The predicted octanol–water partition coefficient (Wildman–Crippen LogP) is 4.82. The number of aryl methyl sites for hydroxylation is 2. The Labute approximate surface area is 200 Å². The van der Waals surface area contributed by atoms with E-state index in [1.807, 2.05) is 13.0 Å². The number of anilines is 4. The molecule has 4 rings (SSSR count). The van der Waals surface area contributed by atoms with E-state index in [4.69, 9.17) is 0 Å². The van der Waals surface area contributed by atoms with E-state index in [9.17, 15) is 13.6 Å². The Balaban J connectivity index is 1.59. The highest BCUT2D eigenvalue weighted by atomic mass is 19.3. The van der Waals surface area contributed by atoms with Gasteiger partial charge in [0.2, 0.25) is 5.95 Å². The molecule has 0 saturated carbocycles. The molecule has 3 N–H and O–H groups in total. The Morgan fingerprint density at radius 1 is 1.06 bits per heavy atom. The van der Waals surface area contributed by atoms with Crippen molar-refractivity contribution in [2.24, 2.45) is 0 Å². The van der Waals surface area contributed by atoms with Crippen molar-refractivity contribution < 1.29 is 13.6 Å². The summed E-state index contributed by atoms with van der Waals surface area (Å²) in [5.74, 6) is -1.43. The van der Waals surface area contributed by atoms with Crippen molar-refractivity contribution in [1.29, 1.82) is 0 Å². The molecule has 0 aliphatic carbocycles. The summed E-state index contributed by atoms with van der Waals surface area (Å²) < 4.78 is 28.9. The second-order valence-corrected chi connectivity index (χ2v) is 7.98. The summed E-state index contributed by atoms with van der Waals surface area (Å²) >= 11 is 0. The monoisotopic (exact) mass is 478 g/mol. The Morgan fingerprint density at radius 2 is 1.86 bits per heavy atom. The topological polar surface area (TPSA) is 110 Å². The third-order valence-corrected chi connectivity index (χ3v) is 5.21. The number of carbonyl (C=O) groups excluding carboxylic acids is 1. The highest BCUT2D eigenvalue weighted by Gasteiger charge is 2.25.